The molecule has 1 aliphatic carbocycles. The second-order valence-corrected chi connectivity index (χ2v) is 4.75. The molecule has 92 valence electrons. The van der Waals surface area contributed by atoms with Gasteiger partial charge in [0.15, 0.2) is 0 Å². The summed E-state index contributed by atoms with van der Waals surface area (Å²) in [4.78, 5) is 11.3. The third-order valence-electron chi connectivity index (χ3n) is 3.78. The van der Waals surface area contributed by atoms with Crippen molar-refractivity contribution in [1.29, 1.82) is 0 Å². The molecule has 0 radical (unpaired) electrons. The normalized spacial score (nSPS) is 42.4. The number of carboxylic acid groups (broad SMARTS) is 1. The average Bonchev–Trinajstić information content (AvgIpc) is 2.72. The third kappa shape index (κ3) is 1.51. The van der Waals surface area contributed by atoms with Crippen molar-refractivity contribution in [3.8, 4) is 0 Å². The Hall–Kier alpha value is -0.750. The maximum absolute atomic E-state index is 13.2. The number of ether oxygens (including phenoxy) is 1. The molecule has 0 bridgehead atoms. The maximum atomic E-state index is 13.2. The van der Waals surface area contributed by atoms with Crippen LogP contribution in [0.5, 0.6) is 0 Å². The van der Waals surface area contributed by atoms with E-state index in [1.807, 2.05) is 0 Å². The van der Waals surface area contributed by atoms with E-state index in [0.29, 0.717) is 0 Å². The Morgan fingerprint density at radius 2 is 1.94 bits per heavy atom. The van der Waals surface area contributed by atoms with Crippen molar-refractivity contribution < 1.29 is 28.5 Å². The van der Waals surface area contributed by atoms with Crippen molar-refractivity contribution in [2.45, 2.75) is 37.2 Å². The van der Waals surface area contributed by atoms with Crippen LogP contribution in [0, 0.1) is 5.41 Å². The molecule has 0 amide bonds. The highest BCUT2D eigenvalue weighted by atomic mass is 19.3. The summed E-state index contributed by atoms with van der Waals surface area (Å²) >= 11 is 0. The molecule has 0 spiro atoms. The van der Waals surface area contributed by atoms with Crippen LogP contribution in [-0.2, 0) is 9.53 Å². The standard InChI is InChI=1S/C10H14F2O4/c11-10(12)2-1-8(5-10,7(13)14)9(15)3-4-16-6-9/h15H,1-6H2,(H,13,14). The van der Waals surface area contributed by atoms with Crippen LogP contribution < -0.4 is 0 Å². The summed E-state index contributed by atoms with van der Waals surface area (Å²) in [6, 6.07) is 0. The quantitative estimate of drug-likeness (QED) is 0.751. The number of carboxylic acids is 1. The Labute approximate surface area is 91.2 Å². The lowest BCUT2D eigenvalue weighted by Gasteiger charge is -2.37. The van der Waals surface area contributed by atoms with Crippen molar-refractivity contribution in [3.05, 3.63) is 0 Å². The summed E-state index contributed by atoms with van der Waals surface area (Å²) in [5.41, 5.74) is -3.41. The molecule has 1 aliphatic heterocycles. The average molecular weight is 236 g/mol. The van der Waals surface area contributed by atoms with Crippen LogP contribution in [0.4, 0.5) is 8.78 Å². The molecule has 16 heavy (non-hydrogen) atoms. The monoisotopic (exact) mass is 236 g/mol. The summed E-state index contributed by atoms with van der Waals surface area (Å²) in [6.45, 7) is 0.0481. The lowest BCUT2D eigenvalue weighted by atomic mass is 9.69. The zero-order valence-corrected chi connectivity index (χ0v) is 8.71. The fraction of sp³-hybridized carbons (Fsp3) is 0.900. The fourth-order valence-corrected chi connectivity index (χ4v) is 2.72. The van der Waals surface area contributed by atoms with E-state index in [-0.39, 0.29) is 26.1 Å². The van der Waals surface area contributed by atoms with E-state index < -0.39 is 35.7 Å². The first-order chi connectivity index (χ1) is 7.31. The predicted molar refractivity (Wildman–Crippen MR) is 49.3 cm³/mol. The lowest BCUT2D eigenvalue weighted by molar-refractivity contribution is -0.173. The van der Waals surface area contributed by atoms with E-state index in [0.717, 1.165) is 0 Å². The van der Waals surface area contributed by atoms with Gasteiger partial charge in [0.25, 0.3) is 0 Å². The van der Waals surface area contributed by atoms with Gasteiger partial charge in [-0.3, -0.25) is 4.79 Å². The fourth-order valence-electron chi connectivity index (χ4n) is 2.72. The minimum Gasteiger partial charge on any atom is -0.481 e. The van der Waals surface area contributed by atoms with Gasteiger partial charge in [-0.1, -0.05) is 0 Å². The van der Waals surface area contributed by atoms with Gasteiger partial charge in [0.05, 0.1) is 6.61 Å². The highest BCUT2D eigenvalue weighted by molar-refractivity contribution is 5.77. The molecule has 2 atom stereocenters. The maximum Gasteiger partial charge on any atom is 0.312 e. The van der Waals surface area contributed by atoms with E-state index in [1.54, 1.807) is 0 Å². The molecule has 1 saturated carbocycles. The molecule has 2 aliphatic rings. The van der Waals surface area contributed by atoms with Crippen LogP contribution >= 0.6 is 0 Å². The number of hydrogen-bond acceptors (Lipinski definition) is 3. The van der Waals surface area contributed by atoms with Gasteiger partial charge in [0.2, 0.25) is 5.92 Å². The Bertz CT molecular complexity index is 312. The van der Waals surface area contributed by atoms with Crippen molar-refractivity contribution in [2.24, 2.45) is 5.41 Å². The van der Waals surface area contributed by atoms with Gasteiger partial charge in [0.1, 0.15) is 11.0 Å². The third-order valence-corrected chi connectivity index (χ3v) is 3.78. The molecule has 0 aromatic rings. The second-order valence-electron chi connectivity index (χ2n) is 4.75. The van der Waals surface area contributed by atoms with Crippen LogP contribution in [0.3, 0.4) is 0 Å². The molecule has 2 unspecified atom stereocenters. The van der Waals surface area contributed by atoms with Gasteiger partial charge in [0, 0.05) is 25.9 Å². The van der Waals surface area contributed by atoms with Crippen LogP contribution in [0.2, 0.25) is 0 Å². The van der Waals surface area contributed by atoms with Gasteiger partial charge in [-0.05, 0) is 6.42 Å². The van der Waals surface area contributed by atoms with Crippen molar-refractivity contribution >= 4 is 5.97 Å². The van der Waals surface area contributed by atoms with Gasteiger partial charge in [-0.2, -0.15) is 0 Å². The Morgan fingerprint density at radius 3 is 2.31 bits per heavy atom. The minimum absolute atomic E-state index is 0.107. The van der Waals surface area contributed by atoms with Crippen molar-refractivity contribution in [1.82, 2.24) is 0 Å². The number of aliphatic hydroxyl groups is 1. The summed E-state index contributed by atoms with van der Waals surface area (Å²) < 4.78 is 31.4. The second kappa shape index (κ2) is 3.37. The topological polar surface area (TPSA) is 66.8 Å². The largest absolute Gasteiger partial charge is 0.481 e. The van der Waals surface area contributed by atoms with E-state index in [4.69, 9.17) is 4.74 Å². The SMILES string of the molecule is O=C(O)C1(C2(O)CCOC2)CCC(F)(F)C1. The smallest absolute Gasteiger partial charge is 0.312 e. The molecular weight excluding hydrogens is 222 g/mol. The van der Waals surface area contributed by atoms with Gasteiger partial charge < -0.3 is 14.9 Å². The molecule has 2 fully saturated rings. The van der Waals surface area contributed by atoms with E-state index in [1.165, 1.54) is 0 Å². The molecule has 0 aromatic heterocycles. The number of carbonyl (C=O) groups is 1. The Morgan fingerprint density at radius 1 is 1.25 bits per heavy atom. The van der Waals surface area contributed by atoms with Crippen LogP contribution in [0.1, 0.15) is 25.7 Å². The molecule has 0 aromatic carbocycles. The summed E-state index contributed by atoms with van der Waals surface area (Å²) in [7, 11) is 0. The minimum atomic E-state index is -3.00. The Balaban J connectivity index is 2.34. The van der Waals surface area contributed by atoms with Crippen LogP contribution in [0.25, 0.3) is 0 Å². The van der Waals surface area contributed by atoms with Crippen LogP contribution in [-0.4, -0.2) is 40.9 Å². The summed E-state index contributed by atoms with van der Waals surface area (Å²) in [5, 5.41) is 19.4. The molecule has 2 rings (SSSR count). The predicted octanol–water partition coefficient (Wildman–Crippen LogP) is 1.03. The van der Waals surface area contributed by atoms with E-state index >= 15 is 0 Å². The number of rotatable bonds is 2. The van der Waals surface area contributed by atoms with Crippen molar-refractivity contribution in [3.63, 3.8) is 0 Å². The number of halogens is 2. The first kappa shape index (κ1) is 11.7. The molecule has 1 heterocycles. The number of alkyl halides is 2. The molecule has 6 heteroatoms. The zero-order chi connectivity index (χ0) is 12.0. The number of hydrogen-bond donors (Lipinski definition) is 2. The zero-order valence-electron chi connectivity index (χ0n) is 8.71. The highest BCUT2D eigenvalue weighted by Crippen LogP contribution is 2.55. The lowest BCUT2D eigenvalue weighted by Crippen LogP contribution is -2.53. The molecule has 2 N–H and O–H groups in total. The summed E-state index contributed by atoms with van der Waals surface area (Å²) in [6.07, 6.45) is -1.37. The first-order valence-corrected chi connectivity index (χ1v) is 5.23. The van der Waals surface area contributed by atoms with Gasteiger partial charge in [-0.25, -0.2) is 8.78 Å². The van der Waals surface area contributed by atoms with E-state index in [9.17, 15) is 23.8 Å². The molecule has 4 nitrogen and oxygen atoms in total. The van der Waals surface area contributed by atoms with Gasteiger partial charge >= 0.3 is 5.97 Å². The highest BCUT2D eigenvalue weighted by Gasteiger charge is 2.65. The number of aliphatic carboxylic acids is 1. The van der Waals surface area contributed by atoms with Crippen molar-refractivity contribution in [2.75, 3.05) is 13.2 Å². The summed E-state index contributed by atoms with van der Waals surface area (Å²) in [5.74, 6) is -4.35. The Kier molecular flexibility index (Phi) is 2.47. The van der Waals surface area contributed by atoms with E-state index in [2.05, 4.69) is 0 Å². The van der Waals surface area contributed by atoms with Gasteiger partial charge in [-0.15, -0.1) is 0 Å². The molecular formula is C10H14F2O4. The van der Waals surface area contributed by atoms with Crippen LogP contribution in [0.15, 0.2) is 0 Å². The molecule has 1 saturated heterocycles. The first-order valence-electron chi connectivity index (χ1n) is 5.23.